The van der Waals surface area contributed by atoms with E-state index in [4.69, 9.17) is 0 Å². The Balaban J connectivity index is 2.46. The first kappa shape index (κ1) is 12.5. The molecule has 1 aromatic heterocycles. The second kappa shape index (κ2) is 5.60. The summed E-state index contributed by atoms with van der Waals surface area (Å²) >= 11 is 0. The van der Waals surface area contributed by atoms with Gasteiger partial charge in [-0.15, -0.1) is 0 Å². The zero-order valence-corrected chi connectivity index (χ0v) is 10.7. The van der Waals surface area contributed by atoms with Crippen molar-refractivity contribution < 1.29 is 0 Å². The fourth-order valence-electron chi connectivity index (χ4n) is 1.82. The van der Waals surface area contributed by atoms with Crippen molar-refractivity contribution in [1.29, 1.82) is 0 Å². The molecule has 0 saturated heterocycles. The minimum atomic E-state index is -0.0602. The highest BCUT2D eigenvalue weighted by molar-refractivity contribution is 5.62. The van der Waals surface area contributed by atoms with Gasteiger partial charge in [0.2, 0.25) is 0 Å². The number of benzene rings is 1. The van der Waals surface area contributed by atoms with Gasteiger partial charge in [-0.1, -0.05) is 30.3 Å². The molecule has 0 aliphatic carbocycles. The maximum atomic E-state index is 11.9. The molecule has 0 unspecified atom stereocenters. The highest BCUT2D eigenvalue weighted by Crippen LogP contribution is 2.17. The summed E-state index contributed by atoms with van der Waals surface area (Å²) in [5.74, 6) is 0.721. The van der Waals surface area contributed by atoms with Crippen LogP contribution in [-0.2, 0) is 6.42 Å². The van der Waals surface area contributed by atoms with E-state index in [1.54, 1.807) is 6.92 Å². The van der Waals surface area contributed by atoms with Crippen molar-refractivity contribution >= 4 is 0 Å². The van der Waals surface area contributed by atoms with Gasteiger partial charge in [-0.05, 0) is 14.0 Å². The molecule has 0 fully saturated rings. The molecule has 94 valence electrons. The smallest absolute Gasteiger partial charge is 0.254 e. The fourth-order valence-corrected chi connectivity index (χ4v) is 1.82. The predicted octanol–water partition coefficient (Wildman–Crippen LogP) is 1.51. The zero-order valence-electron chi connectivity index (χ0n) is 10.7. The third kappa shape index (κ3) is 2.65. The summed E-state index contributed by atoms with van der Waals surface area (Å²) in [6.45, 7) is 2.59. The van der Waals surface area contributed by atoms with Gasteiger partial charge >= 0.3 is 0 Å². The normalized spacial score (nSPS) is 10.6. The summed E-state index contributed by atoms with van der Waals surface area (Å²) in [6.07, 6.45) is 0.714. The molecule has 4 nitrogen and oxygen atoms in total. The monoisotopic (exact) mass is 243 g/mol. The van der Waals surface area contributed by atoms with Crippen molar-refractivity contribution in [3.05, 3.63) is 52.1 Å². The molecule has 18 heavy (non-hydrogen) atoms. The van der Waals surface area contributed by atoms with Crippen LogP contribution in [0.2, 0.25) is 0 Å². The lowest BCUT2D eigenvalue weighted by Crippen LogP contribution is -2.19. The number of nitrogens with zero attached hydrogens (tertiary/aromatic N) is 1. The summed E-state index contributed by atoms with van der Waals surface area (Å²) in [6, 6.07) is 9.79. The van der Waals surface area contributed by atoms with Gasteiger partial charge in [0.05, 0.1) is 5.69 Å². The fraction of sp³-hybridized carbons (Fsp3) is 0.286. The van der Waals surface area contributed by atoms with Gasteiger partial charge in [0.15, 0.2) is 0 Å². The van der Waals surface area contributed by atoms with Crippen molar-refractivity contribution in [3.8, 4) is 11.3 Å². The number of H-pyrrole nitrogens is 1. The number of hydrogen-bond acceptors (Lipinski definition) is 3. The van der Waals surface area contributed by atoms with E-state index >= 15 is 0 Å². The maximum Gasteiger partial charge on any atom is 0.254 e. The second-order valence-electron chi connectivity index (χ2n) is 4.21. The summed E-state index contributed by atoms with van der Waals surface area (Å²) in [7, 11) is 1.88. The van der Waals surface area contributed by atoms with Gasteiger partial charge in [-0.3, -0.25) is 4.79 Å². The van der Waals surface area contributed by atoms with E-state index in [1.807, 2.05) is 37.4 Å². The minimum Gasteiger partial charge on any atom is -0.319 e. The molecule has 1 aromatic carbocycles. The van der Waals surface area contributed by atoms with Crippen LogP contribution >= 0.6 is 0 Å². The summed E-state index contributed by atoms with van der Waals surface area (Å²) in [5.41, 5.74) is 2.35. The molecule has 2 N–H and O–H groups in total. The van der Waals surface area contributed by atoms with E-state index in [9.17, 15) is 4.79 Å². The molecule has 0 spiro atoms. The third-order valence-corrected chi connectivity index (χ3v) is 2.86. The Kier molecular flexibility index (Phi) is 3.89. The van der Waals surface area contributed by atoms with E-state index in [2.05, 4.69) is 15.3 Å². The zero-order chi connectivity index (χ0) is 13.0. The van der Waals surface area contributed by atoms with E-state index < -0.39 is 0 Å². The van der Waals surface area contributed by atoms with Crippen LogP contribution in [0.15, 0.2) is 35.1 Å². The van der Waals surface area contributed by atoms with Crippen LogP contribution in [0.1, 0.15) is 11.4 Å². The van der Waals surface area contributed by atoms with E-state index in [-0.39, 0.29) is 5.56 Å². The van der Waals surface area contributed by atoms with Crippen LogP contribution < -0.4 is 10.9 Å². The van der Waals surface area contributed by atoms with E-state index in [0.29, 0.717) is 12.0 Å². The van der Waals surface area contributed by atoms with Crippen molar-refractivity contribution in [2.45, 2.75) is 13.3 Å². The average Bonchev–Trinajstić information content (AvgIpc) is 2.41. The van der Waals surface area contributed by atoms with Gasteiger partial charge in [-0.2, -0.15) is 0 Å². The largest absolute Gasteiger partial charge is 0.319 e. The predicted molar refractivity (Wildman–Crippen MR) is 72.7 cm³/mol. The molecule has 0 saturated carbocycles. The van der Waals surface area contributed by atoms with Gasteiger partial charge in [0, 0.05) is 24.1 Å². The van der Waals surface area contributed by atoms with Gasteiger partial charge < -0.3 is 10.3 Å². The molecule has 0 aliphatic rings. The highest BCUT2D eigenvalue weighted by atomic mass is 16.1. The quantitative estimate of drug-likeness (QED) is 0.855. The van der Waals surface area contributed by atoms with Crippen LogP contribution in [0.5, 0.6) is 0 Å². The number of aromatic nitrogens is 2. The summed E-state index contributed by atoms with van der Waals surface area (Å²) < 4.78 is 0. The van der Waals surface area contributed by atoms with E-state index in [0.717, 1.165) is 23.6 Å². The molecule has 0 amide bonds. The second-order valence-corrected chi connectivity index (χ2v) is 4.21. The third-order valence-electron chi connectivity index (χ3n) is 2.86. The molecular formula is C14H17N3O. The summed E-state index contributed by atoms with van der Waals surface area (Å²) in [5, 5.41) is 3.05. The van der Waals surface area contributed by atoms with Crippen molar-refractivity contribution in [3.63, 3.8) is 0 Å². The van der Waals surface area contributed by atoms with E-state index in [1.165, 1.54) is 0 Å². The minimum absolute atomic E-state index is 0.0602. The number of aromatic amines is 1. The summed E-state index contributed by atoms with van der Waals surface area (Å²) in [4.78, 5) is 19.2. The van der Waals surface area contributed by atoms with Gasteiger partial charge in [-0.25, -0.2) is 4.98 Å². The average molecular weight is 243 g/mol. The van der Waals surface area contributed by atoms with Crippen LogP contribution in [0.4, 0.5) is 0 Å². The molecule has 2 aromatic rings. The highest BCUT2D eigenvalue weighted by Gasteiger charge is 2.08. The Morgan fingerprint density at radius 1 is 1.28 bits per heavy atom. The first-order valence-corrected chi connectivity index (χ1v) is 6.02. The van der Waals surface area contributed by atoms with Gasteiger partial charge in [0.1, 0.15) is 5.82 Å². The Bertz CT molecular complexity index is 575. The lowest BCUT2D eigenvalue weighted by molar-refractivity contribution is 0.751. The number of nitrogens with one attached hydrogen (secondary N) is 2. The Labute approximate surface area is 106 Å². The van der Waals surface area contributed by atoms with Crippen LogP contribution in [0.25, 0.3) is 11.3 Å². The van der Waals surface area contributed by atoms with Crippen molar-refractivity contribution in [2.75, 3.05) is 13.6 Å². The Morgan fingerprint density at radius 2 is 2.00 bits per heavy atom. The molecule has 0 atom stereocenters. The Hall–Kier alpha value is -1.94. The molecular weight excluding hydrogens is 226 g/mol. The van der Waals surface area contributed by atoms with Crippen LogP contribution in [-0.4, -0.2) is 23.6 Å². The van der Waals surface area contributed by atoms with Crippen LogP contribution in [0.3, 0.4) is 0 Å². The topological polar surface area (TPSA) is 57.8 Å². The maximum absolute atomic E-state index is 11.9. The molecule has 2 rings (SSSR count). The van der Waals surface area contributed by atoms with Crippen molar-refractivity contribution in [2.24, 2.45) is 0 Å². The first-order valence-electron chi connectivity index (χ1n) is 6.02. The van der Waals surface area contributed by atoms with Crippen molar-refractivity contribution in [1.82, 2.24) is 15.3 Å². The lowest BCUT2D eigenvalue weighted by atomic mass is 10.1. The number of rotatable bonds is 4. The molecule has 0 bridgehead atoms. The molecule has 1 heterocycles. The van der Waals surface area contributed by atoms with Gasteiger partial charge in [0.25, 0.3) is 5.56 Å². The first-order chi connectivity index (χ1) is 8.72. The molecule has 0 radical (unpaired) electrons. The molecule has 0 aliphatic heterocycles. The Morgan fingerprint density at radius 3 is 2.67 bits per heavy atom. The standard InChI is InChI=1S/C14H17N3O/c1-10-13(11-6-4-3-5-7-11)16-12(8-9-15-2)17-14(10)18/h3-7,15H,8-9H2,1-2H3,(H,16,17,18). The number of likely N-dealkylation sites (N-methyl/N-ethyl adjacent to an activating group) is 1. The molecule has 4 heteroatoms. The van der Waals surface area contributed by atoms with Crippen LogP contribution in [0, 0.1) is 6.92 Å². The number of hydrogen-bond donors (Lipinski definition) is 2. The SMILES string of the molecule is CNCCc1nc(-c2ccccc2)c(C)c(=O)[nH]1. The lowest BCUT2D eigenvalue weighted by Gasteiger charge is -2.07.